The second-order valence-corrected chi connectivity index (χ2v) is 13.5. The number of hydrogen-bond donors (Lipinski definition) is 2. The number of Topliss-reactive ketones (excluding diaryl/α,β-unsaturated/α-hetero) is 1. The van der Waals surface area contributed by atoms with Gasteiger partial charge in [-0.2, -0.15) is 8.78 Å². The van der Waals surface area contributed by atoms with Gasteiger partial charge in [0, 0.05) is 11.6 Å². The van der Waals surface area contributed by atoms with Crippen molar-refractivity contribution in [3.8, 4) is 5.75 Å². The van der Waals surface area contributed by atoms with Gasteiger partial charge in [0.05, 0.1) is 19.1 Å². The predicted octanol–water partition coefficient (Wildman–Crippen LogP) is 4.36. The molecule has 0 bridgehead atoms. The van der Waals surface area contributed by atoms with Crippen molar-refractivity contribution in [3.05, 3.63) is 54.5 Å². The van der Waals surface area contributed by atoms with E-state index in [1.165, 1.54) is 13.0 Å². The molecule has 2 aromatic carbocycles. The standard InChI is InChI=1S/C27H28F5N2O8PS/c1-14(2)40-24(38)15(3)33-43(44,42-20-10-6-8-16-7-4-5-9-17(16)20)39-13-26(25(29)30)27(31,32)22(37)23(41-26)34-12-18(28)19(35)11-21(34)36/h4-10,12,14-15,22-23,25,37H,11,13H2,1-3H3,(H,33,44)/t15-,22-,23+,26-,43?/m0/s1. The number of carbonyl (C=O) groups excluding carboxylic acids is 3. The van der Waals surface area contributed by atoms with Gasteiger partial charge in [0.15, 0.2) is 18.2 Å². The van der Waals surface area contributed by atoms with Gasteiger partial charge in [-0.25, -0.2) is 18.3 Å². The first-order chi connectivity index (χ1) is 20.5. The number of ether oxygens (including phenoxy) is 2. The number of allylic oxidation sites excluding steroid dienone is 1. The van der Waals surface area contributed by atoms with E-state index in [1.54, 1.807) is 50.2 Å². The Hall–Kier alpha value is -3.01. The fourth-order valence-electron chi connectivity index (χ4n) is 4.48. The highest BCUT2D eigenvalue weighted by molar-refractivity contribution is 8.09. The van der Waals surface area contributed by atoms with E-state index in [1.807, 2.05) is 0 Å². The average Bonchev–Trinajstić information content (AvgIpc) is 3.15. The number of benzene rings is 2. The van der Waals surface area contributed by atoms with Crippen LogP contribution in [0.25, 0.3) is 10.8 Å². The Kier molecular flexibility index (Phi) is 9.83. The summed E-state index contributed by atoms with van der Waals surface area (Å²) in [6.45, 7) is -1.52. The molecule has 4 rings (SSSR count). The lowest BCUT2D eigenvalue weighted by molar-refractivity contribution is -0.242. The quantitative estimate of drug-likeness (QED) is 0.155. The summed E-state index contributed by atoms with van der Waals surface area (Å²) in [4.78, 5) is 36.5. The highest BCUT2D eigenvalue weighted by atomic mass is 32.5. The number of nitrogens with zero attached hydrogens (tertiary/aromatic N) is 1. The molecule has 1 saturated heterocycles. The van der Waals surface area contributed by atoms with Crippen LogP contribution in [0, 0.1) is 0 Å². The smallest absolute Gasteiger partial charge is 0.323 e. The van der Waals surface area contributed by atoms with Gasteiger partial charge >= 0.3 is 18.5 Å². The number of hydrogen-bond acceptors (Lipinski definition) is 9. The fraction of sp³-hybridized carbons (Fsp3) is 0.444. The Bertz CT molecular complexity index is 1520. The average molecular weight is 667 g/mol. The Balaban J connectivity index is 1.70. The number of aliphatic hydroxyl groups excluding tert-OH is 1. The van der Waals surface area contributed by atoms with Crippen molar-refractivity contribution < 1.29 is 60.0 Å². The lowest BCUT2D eigenvalue weighted by atomic mass is 9.95. The molecule has 0 radical (unpaired) electrons. The molecule has 1 unspecified atom stereocenters. The maximum absolute atomic E-state index is 15.5. The highest BCUT2D eigenvalue weighted by Crippen LogP contribution is 2.53. The number of fused-ring (bicyclic) bond motifs is 1. The zero-order valence-corrected chi connectivity index (χ0v) is 25.1. The van der Waals surface area contributed by atoms with Gasteiger partial charge in [0.25, 0.3) is 6.43 Å². The third-order valence-corrected chi connectivity index (χ3v) is 9.22. The Morgan fingerprint density at radius 3 is 2.50 bits per heavy atom. The number of carbonyl (C=O) groups is 3. The van der Waals surface area contributed by atoms with E-state index in [2.05, 4.69) is 5.09 Å². The zero-order chi connectivity index (χ0) is 32.6. The van der Waals surface area contributed by atoms with Crippen LogP contribution >= 0.6 is 6.64 Å². The number of amides is 1. The van der Waals surface area contributed by atoms with Gasteiger partial charge in [-0.05, 0) is 44.0 Å². The number of aliphatic hydroxyl groups is 1. The summed E-state index contributed by atoms with van der Waals surface area (Å²) < 4.78 is 95.7. The van der Waals surface area contributed by atoms with Crippen molar-refractivity contribution in [3.63, 3.8) is 0 Å². The summed E-state index contributed by atoms with van der Waals surface area (Å²) in [5, 5.41) is 14.1. The molecule has 17 heteroatoms. The molecule has 2 aliphatic heterocycles. The number of nitrogens with one attached hydrogen (secondary N) is 1. The molecule has 44 heavy (non-hydrogen) atoms. The van der Waals surface area contributed by atoms with Crippen molar-refractivity contribution >= 4 is 46.9 Å². The van der Waals surface area contributed by atoms with E-state index in [0.29, 0.717) is 10.8 Å². The van der Waals surface area contributed by atoms with Crippen LogP contribution in [-0.4, -0.2) is 76.7 Å². The van der Waals surface area contributed by atoms with E-state index in [4.69, 9.17) is 30.3 Å². The molecule has 0 spiro atoms. The molecule has 5 atom stereocenters. The predicted molar refractivity (Wildman–Crippen MR) is 149 cm³/mol. The normalized spacial score (nSPS) is 25.7. The van der Waals surface area contributed by atoms with Gasteiger partial charge < -0.3 is 23.6 Å². The summed E-state index contributed by atoms with van der Waals surface area (Å²) in [6, 6.07) is 10.3. The van der Waals surface area contributed by atoms with Gasteiger partial charge in [-0.3, -0.25) is 19.3 Å². The summed E-state index contributed by atoms with van der Waals surface area (Å²) in [6.07, 6.45) is -11.2. The van der Waals surface area contributed by atoms with Crippen LogP contribution in [0.1, 0.15) is 27.2 Å². The van der Waals surface area contributed by atoms with Crippen molar-refractivity contribution in [2.75, 3.05) is 6.61 Å². The summed E-state index contributed by atoms with van der Waals surface area (Å²) in [7, 11) is 0. The number of esters is 1. The van der Waals surface area contributed by atoms with Gasteiger partial charge in [0.2, 0.25) is 17.3 Å². The molecular weight excluding hydrogens is 638 g/mol. The highest BCUT2D eigenvalue weighted by Gasteiger charge is 2.74. The lowest BCUT2D eigenvalue weighted by Crippen LogP contribution is -2.57. The Morgan fingerprint density at radius 1 is 1.18 bits per heavy atom. The van der Waals surface area contributed by atoms with E-state index in [0.717, 1.165) is 0 Å². The van der Waals surface area contributed by atoms with Crippen molar-refractivity contribution in [1.82, 2.24) is 9.99 Å². The summed E-state index contributed by atoms with van der Waals surface area (Å²) >= 11 is 5.51. The minimum atomic E-state index is -4.82. The number of alkyl halides is 4. The number of ketones is 1. The van der Waals surface area contributed by atoms with Crippen LogP contribution in [0.15, 0.2) is 54.5 Å². The first kappa shape index (κ1) is 33.9. The molecule has 1 amide bonds. The second kappa shape index (κ2) is 12.8. The van der Waals surface area contributed by atoms with Crippen LogP contribution in [0.4, 0.5) is 22.0 Å². The number of rotatable bonds is 11. The minimum absolute atomic E-state index is 0.0654. The maximum Gasteiger partial charge on any atom is 0.323 e. The van der Waals surface area contributed by atoms with Crippen molar-refractivity contribution in [2.24, 2.45) is 0 Å². The van der Waals surface area contributed by atoms with Gasteiger partial charge in [-0.15, -0.1) is 0 Å². The minimum Gasteiger partial charge on any atom is -0.462 e. The molecule has 10 nitrogen and oxygen atoms in total. The molecule has 0 aliphatic carbocycles. The van der Waals surface area contributed by atoms with Crippen LogP contribution in [0.2, 0.25) is 0 Å². The third-order valence-electron chi connectivity index (χ3n) is 6.76. The second-order valence-electron chi connectivity index (χ2n) is 10.3. The van der Waals surface area contributed by atoms with Gasteiger partial charge in [-0.1, -0.05) is 36.4 Å². The Morgan fingerprint density at radius 2 is 1.84 bits per heavy atom. The Labute approximate surface area is 253 Å². The monoisotopic (exact) mass is 666 g/mol. The van der Waals surface area contributed by atoms with E-state index in [9.17, 15) is 32.7 Å². The van der Waals surface area contributed by atoms with Crippen LogP contribution in [-0.2, 0) is 40.2 Å². The molecule has 240 valence electrons. The molecule has 2 aromatic rings. The SMILES string of the molecule is CC(C)OC(=O)[C@H](C)NP(=S)(OC[C@@]1(C(F)F)O[C@@H](N2C=C(F)C(=O)CC2=O)[C@H](O)C1(F)F)Oc1cccc2ccccc12. The first-order valence-corrected chi connectivity index (χ1v) is 15.8. The van der Waals surface area contributed by atoms with E-state index in [-0.39, 0.29) is 16.8 Å². The molecule has 0 saturated carbocycles. The van der Waals surface area contributed by atoms with Crippen molar-refractivity contribution in [2.45, 2.75) is 69.6 Å². The molecule has 2 heterocycles. The van der Waals surface area contributed by atoms with Crippen LogP contribution in [0.5, 0.6) is 5.75 Å². The van der Waals surface area contributed by atoms with E-state index < -0.39 is 85.6 Å². The summed E-state index contributed by atoms with van der Waals surface area (Å²) in [5.41, 5.74) is -3.95. The maximum atomic E-state index is 15.5. The molecule has 2 N–H and O–H groups in total. The van der Waals surface area contributed by atoms with Crippen LogP contribution < -0.4 is 9.61 Å². The topological polar surface area (TPSA) is 124 Å². The first-order valence-electron chi connectivity index (χ1n) is 13.1. The lowest BCUT2D eigenvalue weighted by Gasteiger charge is -2.35. The molecule has 0 aromatic heterocycles. The van der Waals surface area contributed by atoms with E-state index >= 15 is 8.78 Å². The molecule has 2 aliphatic rings. The fourth-order valence-corrected chi connectivity index (χ4v) is 6.89. The third kappa shape index (κ3) is 6.51. The van der Waals surface area contributed by atoms with Crippen molar-refractivity contribution in [1.29, 1.82) is 0 Å². The van der Waals surface area contributed by atoms with Crippen LogP contribution in [0.3, 0.4) is 0 Å². The molecular formula is C27H28F5N2O8PS. The zero-order valence-electron chi connectivity index (χ0n) is 23.4. The largest absolute Gasteiger partial charge is 0.462 e. The van der Waals surface area contributed by atoms with Gasteiger partial charge in [0.1, 0.15) is 11.8 Å². The number of halogens is 5. The molecule has 1 fully saturated rings. The summed E-state index contributed by atoms with van der Waals surface area (Å²) in [5.74, 6) is -9.66.